The van der Waals surface area contributed by atoms with E-state index in [0.717, 1.165) is 17.7 Å². The Hall–Kier alpha value is -2.05. The van der Waals surface area contributed by atoms with Crippen molar-refractivity contribution in [1.82, 2.24) is 20.0 Å². The van der Waals surface area contributed by atoms with Gasteiger partial charge in [-0.2, -0.15) is 5.10 Å². The zero-order valence-electron chi connectivity index (χ0n) is 12.0. The molecule has 1 fully saturated rings. The highest BCUT2D eigenvalue weighted by molar-refractivity contribution is 5.83. The lowest BCUT2D eigenvalue weighted by Gasteiger charge is -2.23. The summed E-state index contributed by atoms with van der Waals surface area (Å²) in [5.41, 5.74) is 1.91. The first kappa shape index (κ1) is 14.4. The molecule has 1 aliphatic heterocycles. The van der Waals surface area contributed by atoms with Crippen molar-refractivity contribution in [1.29, 1.82) is 0 Å². The fraction of sp³-hybridized carbons (Fsp3) is 0.615. The van der Waals surface area contributed by atoms with Crippen molar-refractivity contribution in [3.8, 4) is 0 Å². The van der Waals surface area contributed by atoms with Crippen LogP contribution in [-0.2, 0) is 18.4 Å². The van der Waals surface area contributed by atoms with Crippen molar-refractivity contribution in [2.75, 3.05) is 6.54 Å². The summed E-state index contributed by atoms with van der Waals surface area (Å²) >= 11 is 0. The predicted octanol–water partition coefficient (Wildman–Crippen LogP) is 0.733. The van der Waals surface area contributed by atoms with E-state index in [1.807, 2.05) is 20.9 Å². The van der Waals surface area contributed by atoms with E-state index >= 15 is 0 Å². The molecular formula is C13H20N4O3. The molecule has 1 saturated heterocycles. The maximum absolute atomic E-state index is 12.1. The number of carbonyl (C=O) groups is 2. The van der Waals surface area contributed by atoms with Gasteiger partial charge < -0.3 is 15.3 Å². The number of likely N-dealkylation sites (tertiary alicyclic amines) is 1. The van der Waals surface area contributed by atoms with Gasteiger partial charge in [-0.05, 0) is 19.3 Å². The largest absolute Gasteiger partial charge is 0.480 e. The summed E-state index contributed by atoms with van der Waals surface area (Å²) in [4.78, 5) is 24.7. The number of urea groups is 1. The number of carboxylic acid groups (broad SMARTS) is 1. The fourth-order valence-corrected chi connectivity index (χ4v) is 2.54. The van der Waals surface area contributed by atoms with Gasteiger partial charge in [0, 0.05) is 31.4 Å². The Morgan fingerprint density at radius 1 is 1.55 bits per heavy atom. The molecule has 0 spiro atoms. The van der Waals surface area contributed by atoms with E-state index in [-0.39, 0.29) is 11.9 Å². The molecule has 2 heterocycles. The van der Waals surface area contributed by atoms with Gasteiger partial charge in [0.25, 0.3) is 0 Å². The molecule has 0 radical (unpaired) electrons. The number of rotatable bonds is 3. The summed E-state index contributed by atoms with van der Waals surface area (Å²) < 4.78 is 1.74. The predicted molar refractivity (Wildman–Crippen MR) is 72.1 cm³/mol. The molecule has 2 rings (SSSR count). The van der Waals surface area contributed by atoms with E-state index in [4.69, 9.17) is 0 Å². The van der Waals surface area contributed by atoms with Crippen LogP contribution in [0.5, 0.6) is 0 Å². The molecule has 2 atom stereocenters. The smallest absolute Gasteiger partial charge is 0.326 e. The second kappa shape index (κ2) is 5.52. The van der Waals surface area contributed by atoms with Crippen molar-refractivity contribution in [3.63, 3.8) is 0 Å². The van der Waals surface area contributed by atoms with Crippen LogP contribution in [-0.4, -0.2) is 44.4 Å². The van der Waals surface area contributed by atoms with Crippen LogP contribution in [0, 0.1) is 12.8 Å². The lowest BCUT2D eigenvalue weighted by Crippen LogP contribution is -2.47. The summed E-state index contributed by atoms with van der Waals surface area (Å²) in [5, 5.41) is 16.1. The van der Waals surface area contributed by atoms with E-state index < -0.39 is 12.0 Å². The van der Waals surface area contributed by atoms with Crippen LogP contribution in [0.1, 0.15) is 24.6 Å². The highest BCUT2D eigenvalue weighted by atomic mass is 16.4. The Labute approximate surface area is 117 Å². The first-order valence-corrected chi connectivity index (χ1v) is 6.66. The number of nitrogens with one attached hydrogen (secondary N) is 1. The highest BCUT2D eigenvalue weighted by Gasteiger charge is 2.39. The van der Waals surface area contributed by atoms with Gasteiger partial charge in [-0.15, -0.1) is 0 Å². The van der Waals surface area contributed by atoms with E-state index in [0.29, 0.717) is 13.1 Å². The Morgan fingerprint density at radius 2 is 2.25 bits per heavy atom. The zero-order valence-corrected chi connectivity index (χ0v) is 12.0. The third-order valence-electron chi connectivity index (χ3n) is 3.98. The molecule has 0 aromatic carbocycles. The molecule has 2 amide bonds. The van der Waals surface area contributed by atoms with Gasteiger partial charge in [0.15, 0.2) is 0 Å². The lowest BCUT2D eigenvalue weighted by atomic mass is 10.0. The minimum Gasteiger partial charge on any atom is -0.480 e. The fourth-order valence-electron chi connectivity index (χ4n) is 2.54. The summed E-state index contributed by atoms with van der Waals surface area (Å²) in [6, 6.07) is -1.06. The maximum Gasteiger partial charge on any atom is 0.326 e. The number of hydrogen-bond donors (Lipinski definition) is 2. The van der Waals surface area contributed by atoms with E-state index in [2.05, 4.69) is 10.4 Å². The van der Waals surface area contributed by atoms with Gasteiger partial charge in [-0.25, -0.2) is 9.59 Å². The van der Waals surface area contributed by atoms with Crippen molar-refractivity contribution in [2.45, 2.75) is 32.9 Å². The number of aromatic nitrogens is 2. The van der Waals surface area contributed by atoms with Crippen molar-refractivity contribution in [3.05, 3.63) is 17.5 Å². The zero-order chi connectivity index (χ0) is 14.9. The SMILES string of the molecule is Cc1c(CNC(=O)N2CCC(C)C2C(=O)O)cnn1C. The van der Waals surface area contributed by atoms with Crippen molar-refractivity contribution < 1.29 is 14.7 Å². The number of carboxylic acids is 1. The molecule has 1 aromatic heterocycles. The van der Waals surface area contributed by atoms with Crippen molar-refractivity contribution in [2.24, 2.45) is 13.0 Å². The Bertz CT molecular complexity index is 526. The second-order valence-electron chi connectivity index (χ2n) is 5.28. The van der Waals surface area contributed by atoms with Crippen LogP contribution in [0.25, 0.3) is 0 Å². The molecule has 1 aromatic rings. The quantitative estimate of drug-likeness (QED) is 0.854. The van der Waals surface area contributed by atoms with Crippen LogP contribution in [0.4, 0.5) is 4.79 Å². The molecule has 110 valence electrons. The number of aliphatic carboxylic acids is 1. The molecule has 1 aliphatic rings. The molecule has 2 N–H and O–H groups in total. The van der Waals surface area contributed by atoms with Crippen LogP contribution < -0.4 is 5.32 Å². The Balaban J connectivity index is 1.98. The average molecular weight is 280 g/mol. The Kier molecular flexibility index (Phi) is 3.96. The molecule has 7 heteroatoms. The first-order valence-electron chi connectivity index (χ1n) is 6.66. The summed E-state index contributed by atoms with van der Waals surface area (Å²) in [7, 11) is 1.84. The molecule has 20 heavy (non-hydrogen) atoms. The third-order valence-corrected chi connectivity index (χ3v) is 3.98. The molecule has 7 nitrogen and oxygen atoms in total. The standard InChI is InChI=1S/C13H20N4O3/c1-8-4-5-17(11(8)12(18)19)13(20)14-6-10-7-15-16(3)9(10)2/h7-8,11H,4-6H2,1-3H3,(H,14,20)(H,18,19). The lowest BCUT2D eigenvalue weighted by molar-refractivity contribution is -0.142. The number of carbonyl (C=O) groups excluding carboxylic acids is 1. The number of hydrogen-bond acceptors (Lipinski definition) is 3. The first-order chi connectivity index (χ1) is 9.41. The van der Waals surface area contributed by atoms with Gasteiger partial charge in [0.2, 0.25) is 0 Å². The number of amides is 2. The monoisotopic (exact) mass is 280 g/mol. The summed E-state index contributed by atoms with van der Waals surface area (Å²) in [6.07, 6.45) is 2.42. The van der Waals surface area contributed by atoms with Gasteiger partial charge in [0.05, 0.1) is 6.20 Å². The molecule has 0 bridgehead atoms. The number of nitrogens with zero attached hydrogens (tertiary/aromatic N) is 3. The molecule has 0 saturated carbocycles. The van der Waals surface area contributed by atoms with Crippen LogP contribution >= 0.6 is 0 Å². The van der Waals surface area contributed by atoms with Crippen LogP contribution in [0.3, 0.4) is 0 Å². The topological polar surface area (TPSA) is 87.5 Å². The van der Waals surface area contributed by atoms with Gasteiger partial charge in [-0.1, -0.05) is 6.92 Å². The van der Waals surface area contributed by atoms with Gasteiger partial charge in [0.1, 0.15) is 6.04 Å². The minimum atomic E-state index is -0.942. The highest BCUT2D eigenvalue weighted by Crippen LogP contribution is 2.24. The Morgan fingerprint density at radius 3 is 2.80 bits per heavy atom. The second-order valence-corrected chi connectivity index (χ2v) is 5.28. The van der Waals surface area contributed by atoms with Gasteiger partial charge in [-0.3, -0.25) is 4.68 Å². The summed E-state index contributed by atoms with van der Waals surface area (Å²) in [5.74, 6) is -0.957. The van der Waals surface area contributed by atoms with Crippen molar-refractivity contribution >= 4 is 12.0 Å². The van der Waals surface area contributed by atoms with Gasteiger partial charge >= 0.3 is 12.0 Å². The van der Waals surface area contributed by atoms with E-state index in [1.165, 1.54) is 4.90 Å². The third kappa shape index (κ3) is 2.61. The van der Waals surface area contributed by atoms with Crippen LogP contribution in [0.15, 0.2) is 6.20 Å². The van der Waals surface area contributed by atoms with E-state index in [9.17, 15) is 14.7 Å². The van der Waals surface area contributed by atoms with E-state index in [1.54, 1.807) is 10.9 Å². The normalized spacial score (nSPS) is 22.1. The molecule has 2 unspecified atom stereocenters. The van der Waals surface area contributed by atoms with Crippen LogP contribution in [0.2, 0.25) is 0 Å². The molecular weight excluding hydrogens is 260 g/mol. The maximum atomic E-state index is 12.1. The minimum absolute atomic E-state index is 0.0154. The number of aryl methyl sites for hydroxylation is 1. The average Bonchev–Trinajstić information content (AvgIpc) is 2.92. The molecule has 0 aliphatic carbocycles. The summed E-state index contributed by atoms with van der Waals surface area (Å²) in [6.45, 7) is 4.62.